The van der Waals surface area contributed by atoms with Crippen LogP contribution in [0.2, 0.25) is 0 Å². The number of hydrogen-bond acceptors (Lipinski definition) is 4. The fourth-order valence-corrected chi connectivity index (χ4v) is 3.35. The molecule has 0 aliphatic carbocycles. The van der Waals surface area contributed by atoms with Crippen LogP contribution in [0.4, 0.5) is 0 Å². The predicted octanol–water partition coefficient (Wildman–Crippen LogP) is 3.80. The molecule has 2 rings (SSSR count). The van der Waals surface area contributed by atoms with Crippen molar-refractivity contribution in [2.45, 2.75) is 33.1 Å². The van der Waals surface area contributed by atoms with Crippen molar-refractivity contribution in [1.82, 2.24) is 4.90 Å². The number of halogens is 1. The zero-order valence-electron chi connectivity index (χ0n) is 14.0. The van der Waals surface area contributed by atoms with Crippen LogP contribution in [0.25, 0.3) is 0 Å². The lowest BCUT2D eigenvalue weighted by Gasteiger charge is -2.31. The minimum absolute atomic E-state index is 0.117. The quantitative estimate of drug-likeness (QED) is 0.671. The van der Waals surface area contributed by atoms with Crippen molar-refractivity contribution in [2.24, 2.45) is 5.92 Å². The Morgan fingerprint density at radius 2 is 2.26 bits per heavy atom. The van der Waals surface area contributed by atoms with Gasteiger partial charge in [0.05, 0.1) is 19.8 Å². The summed E-state index contributed by atoms with van der Waals surface area (Å²) in [6.07, 6.45) is 3.37. The van der Waals surface area contributed by atoms with E-state index in [1.165, 1.54) is 6.42 Å². The molecule has 23 heavy (non-hydrogen) atoms. The highest BCUT2D eigenvalue weighted by molar-refractivity contribution is 9.10. The number of likely N-dealkylation sites (tertiary alicyclic amines) is 1. The topological polar surface area (TPSA) is 38.8 Å². The molecule has 128 valence electrons. The van der Waals surface area contributed by atoms with Gasteiger partial charge in [0.25, 0.3) is 0 Å². The lowest BCUT2D eigenvalue weighted by molar-refractivity contribution is -0.144. The standard InChI is InChI=1S/C18H26BrNO3/c1-3-22-18(21)13-20-10-5-6-15(12-20)9-11-23-17-8-4-7-16(19)14(17)2/h4,7-8,15H,3,5-6,9-13H2,1-2H3/t15-/m0/s1. The van der Waals surface area contributed by atoms with E-state index in [9.17, 15) is 4.79 Å². The molecule has 0 radical (unpaired) electrons. The van der Waals surface area contributed by atoms with Gasteiger partial charge in [0.15, 0.2) is 0 Å². The van der Waals surface area contributed by atoms with Gasteiger partial charge in [0, 0.05) is 16.6 Å². The molecule has 1 saturated heterocycles. The first-order valence-electron chi connectivity index (χ1n) is 8.36. The molecule has 0 aromatic heterocycles. The maximum absolute atomic E-state index is 11.6. The number of benzene rings is 1. The van der Waals surface area contributed by atoms with Crippen LogP contribution in [0.5, 0.6) is 5.75 Å². The Kier molecular flexibility index (Phi) is 7.37. The van der Waals surface area contributed by atoms with E-state index in [0.29, 0.717) is 19.1 Å². The predicted molar refractivity (Wildman–Crippen MR) is 94.8 cm³/mol. The molecular formula is C18H26BrNO3. The fraction of sp³-hybridized carbons (Fsp3) is 0.611. The molecule has 0 unspecified atom stereocenters. The molecule has 5 heteroatoms. The second kappa shape index (κ2) is 9.28. The minimum Gasteiger partial charge on any atom is -0.493 e. The van der Waals surface area contributed by atoms with Crippen LogP contribution >= 0.6 is 15.9 Å². The van der Waals surface area contributed by atoms with Crippen LogP contribution in [0, 0.1) is 12.8 Å². The van der Waals surface area contributed by atoms with Gasteiger partial charge in [-0.25, -0.2) is 0 Å². The van der Waals surface area contributed by atoms with E-state index in [0.717, 1.165) is 48.3 Å². The number of nitrogens with zero attached hydrogens (tertiary/aromatic N) is 1. The summed E-state index contributed by atoms with van der Waals surface area (Å²) >= 11 is 3.53. The van der Waals surface area contributed by atoms with Crippen molar-refractivity contribution in [1.29, 1.82) is 0 Å². The van der Waals surface area contributed by atoms with Gasteiger partial charge in [-0.2, -0.15) is 0 Å². The highest BCUT2D eigenvalue weighted by Gasteiger charge is 2.22. The van der Waals surface area contributed by atoms with Crippen LogP contribution in [0.3, 0.4) is 0 Å². The first-order valence-corrected chi connectivity index (χ1v) is 9.15. The maximum atomic E-state index is 11.6. The molecule has 1 atom stereocenters. The molecule has 1 aliphatic rings. The second-order valence-electron chi connectivity index (χ2n) is 6.05. The SMILES string of the molecule is CCOC(=O)CN1CCC[C@@H](CCOc2cccc(Br)c2C)C1. The van der Waals surface area contributed by atoms with Crippen LogP contribution in [0.15, 0.2) is 22.7 Å². The molecule has 1 aliphatic heterocycles. The lowest BCUT2D eigenvalue weighted by atomic mass is 9.95. The third-order valence-corrected chi connectivity index (χ3v) is 5.12. The molecule has 0 bridgehead atoms. The Labute approximate surface area is 147 Å². The Bertz CT molecular complexity index is 521. The molecule has 1 aromatic carbocycles. The van der Waals surface area contributed by atoms with Crippen molar-refractivity contribution in [3.8, 4) is 5.75 Å². The molecular weight excluding hydrogens is 358 g/mol. The number of rotatable bonds is 7. The Morgan fingerprint density at radius 1 is 1.43 bits per heavy atom. The summed E-state index contributed by atoms with van der Waals surface area (Å²) in [5, 5.41) is 0. The summed E-state index contributed by atoms with van der Waals surface area (Å²) in [7, 11) is 0. The Balaban J connectivity index is 1.75. The van der Waals surface area contributed by atoms with Gasteiger partial charge >= 0.3 is 5.97 Å². The summed E-state index contributed by atoms with van der Waals surface area (Å²) in [6.45, 7) is 7.43. The molecule has 1 aromatic rings. The molecule has 1 heterocycles. The van der Waals surface area contributed by atoms with Crippen LogP contribution in [-0.4, -0.2) is 43.7 Å². The van der Waals surface area contributed by atoms with E-state index in [-0.39, 0.29) is 5.97 Å². The van der Waals surface area contributed by atoms with Gasteiger partial charge in [-0.3, -0.25) is 9.69 Å². The highest BCUT2D eigenvalue weighted by atomic mass is 79.9. The third kappa shape index (κ3) is 5.81. The van der Waals surface area contributed by atoms with Crippen molar-refractivity contribution in [3.63, 3.8) is 0 Å². The van der Waals surface area contributed by atoms with Gasteiger partial charge < -0.3 is 9.47 Å². The van der Waals surface area contributed by atoms with Crippen LogP contribution in [0.1, 0.15) is 31.7 Å². The fourth-order valence-electron chi connectivity index (χ4n) is 3.00. The Hall–Kier alpha value is -1.07. The molecule has 1 fully saturated rings. The van der Waals surface area contributed by atoms with E-state index in [1.807, 2.05) is 25.1 Å². The first-order chi connectivity index (χ1) is 11.1. The van der Waals surface area contributed by atoms with Crippen molar-refractivity contribution >= 4 is 21.9 Å². The summed E-state index contributed by atoms with van der Waals surface area (Å²) < 4.78 is 12.0. The average molecular weight is 384 g/mol. The summed E-state index contributed by atoms with van der Waals surface area (Å²) in [4.78, 5) is 13.8. The van der Waals surface area contributed by atoms with E-state index in [4.69, 9.17) is 9.47 Å². The Morgan fingerprint density at radius 3 is 3.04 bits per heavy atom. The van der Waals surface area contributed by atoms with E-state index in [1.54, 1.807) is 0 Å². The number of piperidine rings is 1. The van der Waals surface area contributed by atoms with Crippen LogP contribution < -0.4 is 4.74 Å². The van der Waals surface area contributed by atoms with Crippen molar-refractivity contribution < 1.29 is 14.3 Å². The minimum atomic E-state index is -0.117. The van der Waals surface area contributed by atoms with Crippen molar-refractivity contribution in [3.05, 3.63) is 28.2 Å². The summed E-state index contributed by atoms with van der Waals surface area (Å²) in [5.74, 6) is 1.42. The third-order valence-electron chi connectivity index (χ3n) is 4.26. The summed E-state index contributed by atoms with van der Waals surface area (Å²) in [6, 6.07) is 6.03. The second-order valence-corrected chi connectivity index (χ2v) is 6.90. The molecule has 4 nitrogen and oxygen atoms in total. The zero-order chi connectivity index (χ0) is 16.7. The maximum Gasteiger partial charge on any atom is 0.320 e. The normalized spacial score (nSPS) is 18.7. The molecule has 0 amide bonds. The van der Waals surface area contributed by atoms with Gasteiger partial charge in [-0.15, -0.1) is 0 Å². The zero-order valence-corrected chi connectivity index (χ0v) is 15.6. The molecule has 0 N–H and O–H groups in total. The summed E-state index contributed by atoms with van der Waals surface area (Å²) in [5.41, 5.74) is 1.14. The van der Waals surface area contributed by atoms with E-state index in [2.05, 4.69) is 27.8 Å². The molecule has 0 saturated carbocycles. The van der Waals surface area contributed by atoms with Gasteiger partial charge in [-0.1, -0.05) is 22.0 Å². The first kappa shape index (κ1) is 18.3. The highest BCUT2D eigenvalue weighted by Crippen LogP contribution is 2.26. The average Bonchev–Trinajstić information content (AvgIpc) is 2.52. The number of esters is 1. The number of carbonyl (C=O) groups excluding carboxylic acids is 1. The molecule has 0 spiro atoms. The largest absolute Gasteiger partial charge is 0.493 e. The lowest BCUT2D eigenvalue weighted by Crippen LogP contribution is -2.39. The number of ether oxygens (including phenoxy) is 2. The monoisotopic (exact) mass is 383 g/mol. The number of hydrogen-bond donors (Lipinski definition) is 0. The van der Waals surface area contributed by atoms with Gasteiger partial charge in [0.1, 0.15) is 5.75 Å². The van der Waals surface area contributed by atoms with E-state index >= 15 is 0 Å². The van der Waals surface area contributed by atoms with Crippen LogP contribution in [-0.2, 0) is 9.53 Å². The van der Waals surface area contributed by atoms with Gasteiger partial charge in [-0.05, 0) is 57.7 Å². The van der Waals surface area contributed by atoms with E-state index < -0.39 is 0 Å². The number of carbonyl (C=O) groups is 1. The van der Waals surface area contributed by atoms with Gasteiger partial charge in [0.2, 0.25) is 0 Å². The van der Waals surface area contributed by atoms with Crippen molar-refractivity contribution in [2.75, 3.05) is 32.8 Å². The smallest absolute Gasteiger partial charge is 0.320 e.